The van der Waals surface area contributed by atoms with E-state index in [9.17, 15) is 9.59 Å². The molecule has 1 saturated heterocycles. The molecule has 1 aromatic carbocycles. The minimum absolute atomic E-state index is 0.105. The Bertz CT molecular complexity index is 622. The molecule has 1 aliphatic rings. The number of nitrogens with zero attached hydrogens (tertiary/aromatic N) is 2. The zero-order chi connectivity index (χ0) is 21.6. The van der Waals surface area contributed by atoms with Gasteiger partial charge < -0.3 is 15.1 Å². The van der Waals surface area contributed by atoms with Crippen LogP contribution in [0.1, 0.15) is 84.5 Å². The fourth-order valence-electron chi connectivity index (χ4n) is 3.94. The predicted octanol–water partition coefficient (Wildman–Crippen LogP) is 5.60. The number of unbranched alkanes of at least 4 members (excludes halogenated alkanes) is 7. The number of anilines is 2. The van der Waals surface area contributed by atoms with Gasteiger partial charge in [-0.25, -0.2) is 0 Å². The summed E-state index contributed by atoms with van der Waals surface area (Å²) in [7, 11) is 0. The second-order valence-electron chi connectivity index (χ2n) is 8.44. The third-order valence-electron chi connectivity index (χ3n) is 5.90. The Morgan fingerprint density at radius 1 is 0.767 bits per heavy atom. The average molecular weight is 416 g/mol. The van der Waals surface area contributed by atoms with Gasteiger partial charge in [-0.1, -0.05) is 58.8 Å². The second-order valence-corrected chi connectivity index (χ2v) is 8.44. The second kappa shape index (κ2) is 14.1. The summed E-state index contributed by atoms with van der Waals surface area (Å²) in [5, 5.41) is 3.01. The molecule has 30 heavy (non-hydrogen) atoms. The minimum Gasteiger partial charge on any atom is -0.368 e. The Labute approximate surface area is 183 Å². The van der Waals surface area contributed by atoms with Crippen LogP contribution < -0.4 is 10.2 Å². The molecule has 5 nitrogen and oxygen atoms in total. The Morgan fingerprint density at radius 3 is 2.00 bits per heavy atom. The number of hydrogen-bond acceptors (Lipinski definition) is 3. The van der Waals surface area contributed by atoms with Crippen LogP contribution in [0.3, 0.4) is 0 Å². The van der Waals surface area contributed by atoms with Crippen LogP contribution in [0, 0.1) is 0 Å². The van der Waals surface area contributed by atoms with Gasteiger partial charge in [-0.2, -0.15) is 0 Å². The normalized spacial score (nSPS) is 14.1. The lowest BCUT2D eigenvalue weighted by molar-refractivity contribution is -0.131. The van der Waals surface area contributed by atoms with Crippen LogP contribution in [0.2, 0.25) is 0 Å². The summed E-state index contributed by atoms with van der Waals surface area (Å²) in [5.41, 5.74) is 2.02. The molecule has 2 rings (SSSR count). The molecule has 1 N–H and O–H groups in total. The first-order chi connectivity index (χ1) is 14.6. The van der Waals surface area contributed by atoms with E-state index in [1.165, 1.54) is 25.7 Å². The fourth-order valence-corrected chi connectivity index (χ4v) is 3.94. The number of benzene rings is 1. The van der Waals surface area contributed by atoms with Crippen molar-refractivity contribution in [2.24, 2.45) is 0 Å². The topological polar surface area (TPSA) is 52.7 Å². The zero-order valence-corrected chi connectivity index (χ0v) is 19.1. The van der Waals surface area contributed by atoms with E-state index in [0.717, 1.165) is 69.7 Å². The lowest BCUT2D eigenvalue weighted by atomic mass is 10.1. The summed E-state index contributed by atoms with van der Waals surface area (Å²) in [5.74, 6) is 0.403. The highest BCUT2D eigenvalue weighted by Crippen LogP contribution is 2.20. The van der Waals surface area contributed by atoms with Crippen LogP contribution in [0.5, 0.6) is 0 Å². The summed E-state index contributed by atoms with van der Waals surface area (Å²) in [6.45, 7) is 7.70. The molecule has 168 valence electrons. The van der Waals surface area contributed by atoms with Crippen LogP contribution >= 0.6 is 0 Å². The van der Waals surface area contributed by atoms with Crippen LogP contribution in [0.4, 0.5) is 11.4 Å². The Morgan fingerprint density at radius 2 is 1.33 bits per heavy atom. The summed E-state index contributed by atoms with van der Waals surface area (Å²) < 4.78 is 0. The van der Waals surface area contributed by atoms with E-state index < -0.39 is 0 Å². The van der Waals surface area contributed by atoms with Gasteiger partial charge in [0.15, 0.2) is 0 Å². The maximum atomic E-state index is 12.3. The molecule has 0 aromatic heterocycles. The summed E-state index contributed by atoms with van der Waals surface area (Å²) in [6.07, 6.45) is 11.7. The smallest absolute Gasteiger partial charge is 0.224 e. The molecule has 0 bridgehead atoms. The van der Waals surface area contributed by atoms with Gasteiger partial charge in [-0.15, -0.1) is 0 Å². The van der Waals surface area contributed by atoms with Gasteiger partial charge in [0, 0.05) is 50.4 Å². The van der Waals surface area contributed by atoms with E-state index in [1.807, 2.05) is 17.0 Å². The summed E-state index contributed by atoms with van der Waals surface area (Å²) >= 11 is 0. The van der Waals surface area contributed by atoms with Crippen LogP contribution in [-0.4, -0.2) is 42.9 Å². The first kappa shape index (κ1) is 24.2. The number of hydrogen-bond donors (Lipinski definition) is 1. The third kappa shape index (κ3) is 8.76. The zero-order valence-electron chi connectivity index (χ0n) is 19.1. The highest BCUT2D eigenvalue weighted by molar-refractivity contribution is 5.90. The molecule has 0 saturated carbocycles. The van der Waals surface area contributed by atoms with E-state index >= 15 is 0 Å². The van der Waals surface area contributed by atoms with Crippen molar-refractivity contribution in [2.45, 2.75) is 84.5 Å². The van der Waals surface area contributed by atoms with E-state index in [4.69, 9.17) is 0 Å². The number of rotatable bonds is 13. The molecular weight excluding hydrogens is 374 g/mol. The molecule has 0 atom stereocenters. The monoisotopic (exact) mass is 415 g/mol. The standard InChI is InChI=1S/C25H41N3O2/c1-3-5-7-8-9-11-12-24(29)26-22-14-16-23(17-15-22)27-18-20-28(21-19-27)25(30)13-10-6-4-2/h14-17H,3-13,18-21H2,1-2H3,(H,26,29). The Balaban J connectivity index is 1.68. The van der Waals surface area contributed by atoms with Crippen molar-refractivity contribution in [3.63, 3.8) is 0 Å². The molecule has 1 aromatic rings. The van der Waals surface area contributed by atoms with E-state index in [1.54, 1.807) is 0 Å². The van der Waals surface area contributed by atoms with E-state index in [-0.39, 0.29) is 5.91 Å². The summed E-state index contributed by atoms with van der Waals surface area (Å²) in [6, 6.07) is 8.10. The van der Waals surface area contributed by atoms with Gasteiger partial charge >= 0.3 is 0 Å². The van der Waals surface area contributed by atoms with Crippen LogP contribution in [0.15, 0.2) is 24.3 Å². The SMILES string of the molecule is CCCCCCCCC(=O)Nc1ccc(N2CCN(C(=O)CCCCC)CC2)cc1. The lowest BCUT2D eigenvalue weighted by Gasteiger charge is -2.36. The van der Waals surface area contributed by atoms with Gasteiger partial charge in [-0.05, 0) is 37.1 Å². The Kier molecular flexibility index (Phi) is 11.3. The molecular formula is C25H41N3O2. The highest BCUT2D eigenvalue weighted by atomic mass is 16.2. The van der Waals surface area contributed by atoms with Gasteiger partial charge in [-0.3, -0.25) is 9.59 Å². The van der Waals surface area contributed by atoms with Crippen molar-refractivity contribution in [3.8, 4) is 0 Å². The largest absolute Gasteiger partial charge is 0.368 e. The first-order valence-corrected chi connectivity index (χ1v) is 12.1. The molecule has 1 aliphatic heterocycles. The minimum atomic E-state index is 0.105. The van der Waals surface area contributed by atoms with Crippen LogP contribution in [0.25, 0.3) is 0 Å². The molecule has 0 aliphatic carbocycles. The maximum absolute atomic E-state index is 12.3. The molecule has 0 spiro atoms. The molecule has 1 fully saturated rings. The fraction of sp³-hybridized carbons (Fsp3) is 0.680. The molecule has 1 heterocycles. The van der Waals surface area contributed by atoms with Crippen LogP contribution in [-0.2, 0) is 9.59 Å². The van der Waals surface area contributed by atoms with Gasteiger partial charge in [0.05, 0.1) is 0 Å². The first-order valence-electron chi connectivity index (χ1n) is 12.1. The highest BCUT2D eigenvalue weighted by Gasteiger charge is 2.20. The number of nitrogens with one attached hydrogen (secondary N) is 1. The van der Waals surface area contributed by atoms with Gasteiger partial charge in [0.25, 0.3) is 0 Å². The molecule has 0 unspecified atom stereocenters. The third-order valence-corrected chi connectivity index (χ3v) is 5.90. The molecule has 0 radical (unpaired) electrons. The molecule has 2 amide bonds. The number of piperazine rings is 1. The maximum Gasteiger partial charge on any atom is 0.224 e. The number of carbonyl (C=O) groups is 2. The molecule has 5 heteroatoms. The van der Waals surface area contributed by atoms with Crippen molar-refractivity contribution in [1.29, 1.82) is 0 Å². The average Bonchev–Trinajstić information content (AvgIpc) is 2.77. The van der Waals surface area contributed by atoms with E-state index in [2.05, 4.69) is 36.2 Å². The Hall–Kier alpha value is -2.04. The number of carbonyl (C=O) groups excluding carboxylic acids is 2. The van der Waals surface area contributed by atoms with Crippen molar-refractivity contribution < 1.29 is 9.59 Å². The van der Waals surface area contributed by atoms with Crippen molar-refractivity contribution in [2.75, 3.05) is 36.4 Å². The van der Waals surface area contributed by atoms with Crippen molar-refractivity contribution in [3.05, 3.63) is 24.3 Å². The lowest BCUT2D eigenvalue weighted by Crippen LogP contribution is -2.48. The van der Waals surface area contributed by atoms with Crippen molar-refractivity contribution in [1.82, 2.24) is 4.90 Å². The summed E-state index contributed by atoms with van der Waals surface area (Å²) in [4.78, 5) is 28.7. The van der Waals surface area contributed by atoms with Gasteiger partial charge in [0.1, 0.15) is 0 Å². The number of amides is 2. The predicted molar refractivity (Wildman–Crippen MR) is 126 cm³/mol. The van der Waals surface area contributed by atoms with E-state index in [0.29, 0.717) is 18.7 Å². The van der Waals surface area contributed by atoms with Gasteiger partial charge in [0.2, 0.25) is 11.8 Å². The quantitative estimate of drug-likeness (QED) is 0.426. The van der Waals surface area contributed by atoms with Crippen molar-refractivity contribution >= 4 is 23.2 Å².